The number of hydrogen-bond acceptors (Lipinski definition) is 1. The van der Waals surface area contributed by atoms with Crippen LogP contribution in [-0.4, -0.2) is 12.3 Å². The molecule has 0 aromatic heterocycles. The van der Waals surface area contributed by atoms with Crippen molar-refractivity contribution in [2.24, 2.45) is 0 Å². The summed E-state index contributed by atoms with van der Waals surface area (Å²) in [7, 11) is -2.48. The molecule has 0 bridgehead atoms. The van der Waals surface area contributed by atoms with Gasteiger partial charge in [-0.2, -0.15) is 0 Å². The third-order valence-corrected chi connectivity index (χ3v) is 5.98. The fourth-order valence-corrected chi connectivity index (χ4v) is 4.19. The molecule has 1 nitrogen and oxygen atoms in total. The van der Waals surface area contributed by atoms with E-state index in [0.29, 0.717) is 17.6 Å². The van der Waals surface area contributed by atoms with Gasteiger partial charge in [0.2, 0.25) is 0 Å². The molecule has 0 radical (unpaired) electrons. The highest BCUT2D eigenvalue weighted by Crippen LogP contribution is 2.45. The van der Waals surface area contributed by atoms with Crippen molar-refractivity contribution in [2.75, 3.05) is 12.3 Å². The summed E-state index contributed by atoms with van der Waals surface area (Å²) in [6, 6.07) is 6.45. The SMILES string of the molecule is CCCCP(=O)(CC)c1ccccc1F. The average molecular weight is 228 g/mol. The number of hydrogen-bond donors (Lipinski definition) is 0. The maximum absolute atomic E-state index is 13.5. The van der Waals surface area contributed by atoms with E-state index in [1.54, 1.807) is 18.2 Å². The zero-order chi connectivity index (χ0) is 11.3. The highest BCUT2D eigenvalue weighted by molar-refractivity contribution is 7.71. The van der Waals surface area contributed by atoms with E-state index in [0.717, 1.165) is 12.8 Å². The molecule has 1 rings (SSSR count). The summed E-state index contributed by atoms with van der Waals surface area (Å²) in [5, 5.41) is 0.431. The lowest BCUT2D eigenvalue weighted by Gasteiger charge is -2.16. The number of benzene rings is 1. The van der Waals surface area contributed by atoms with Gasteiger partial charge in [-0.3, -0.25) is 0 Å². The van der Waals surface area contributed by atoms with Crippen LogP contribution in [0, 0.1) is 5.82 Å². The van der Waals surface area contributed by atoms with E-state index in [2.05, 4.69) is 6.92 Å². The third kappa shape index (κ3) is 2.92. The van der Waals surface area contributed by atoms with E-state index in [1.165, 1.54) is 6.07 Å². The molecule has 0 heterocycles. The van der Waals surface area contributed by atoms with Crippen LogP contribution < -0.4 is 5.30 Å². The molecule has 0 saturated carbocycles. The quantitative estimate of drug-likeness (QED) is 0.703. The second-order valence-corrected chi connectivity index (χ2v) is 7.07. The lowest BCUT2D eigenvalue weighted by Crippen LogP contribution is -2.13. The minimum absolute atomic E-state index is 0.321. The summed E-state index contributed by atoms with van der Waals surface area (Å²) in [6.07, 6.45) is 3.08. The maximum atomic E-state index is 13.5. The molecule has 0 aliphatic carbocycles. The van der Waals surface area contributed by atoms with Crippen LogP contribution in [0.1, 0.15) is 26.7 Å². The fraction of sp³-hybridized carbons (Fsp3) is 0.500. The highest BCUT2D eigenvalue weighted by Gasteiger charge is 2.24. The lowest BCUT2D eigenvalue weighted by atomic mass is 10.3. The summed E-state index contributed by atoms with van der Waals surface area (Å²) in [5.74, 6) is -0.321. The second kappa shape index (κ2) is 5.46. The Labute approximate surface area is 91.1 Å². The van der Waals surface area contributed by atoms with Crippen LogP contribution >= 0.6 is 7.14 Å². The summed E-state index contributed by atoms with van der Waals surface area (Å²) < 4.78 is 26.1. The molecule has 84 valence electrons. The molecule has 0 fully saturated rings. The van der Waals surface area contributed by atoms with Gasteiger partial charge in [0.05, 0.1) is 0 Å². The Morgan fingerprint density at radius 1 is 1.27 bits per heavy atom. The zero-order valence-electron chi connectivity index (χ0n) is 9.37. The van der Waals surface area contributed by atoms with Crippen molar-refractivity contribution in [3.63, 3.8) is 0 Å². The molecule has 0 aliphatic heterocycles. The first-order chi connectivity index (χ1) is 7.14. The molecule has 1 aromatic rings. The monoisotopic (exact) mass is 228 g/mol. The molecule has 1 unspecified atom stereocenters. The molecular formula is C12H18FOP. The van der Waals surface area contributed by atoms with Gasteiger partial charge >= 0.3 is 0 Å². The van der Waals surface area contributed by atoms with E-state index in [-0.39, 0.29) is 5.82 Å². The Kier molecular flexibility index (Phi) is 4.53. The van der Waals surface area contributed by atoms with Crippen molar-refractivity contribution in [1.82, 2.24) is 0 Å². The third-order valence-electron chi connectivity index (χ3n) is 2.68. The number of halogens is 1. The molecule has 0 amide bonds. The minimum atomic E-state index is -2.48. The largest absolute Gasteiger partial charge is 0.319 e. The van der Waals surface area contributed by atoms with Crippen molar-refractivity contribution in [3.05, 3.63) is 30.1 Å². The summed E-state index contributed by atoms with van der Waals surface area (Å²) >= 11 is 0. The van der Waals surface area contributed by atoms with Gasteiger partial charge in [0.15, 0.2) is 0 Å². The average Bonchev–Trinajstić information content (AvgIpc) is 2.26. The van der Waals surface area contributed by atoms with Crippen molar-refractivity contribution in [2.45, 2.75) is 26.7 Å². The second-order valence-electron chi connectivity index (χ2n) is 3.73. The molecule has 1 atom stereocenters. The van der Waals surface area contributed by atoms with Crippen LogP contribution in [0.3, 0.4) is 0 Å². The van der Waals surface area contributed by atoms with Gasteiger partial charge in [0, 0.05) is 17.6 Å². The molecule has 3 heteroatoms. The van der Waals surface area contributed by atoms with E-state index in [4.69, 9.17) is 0 Å². The normalized spacial score (nSPS) is 14.9. The Hall–Kier alpha value is -0.620. The molecule has 15 heavy (non-hydrogen) atoms. The van der Waals surface area contributed by atoms with Crippen LogP contribution in [0.4, 0.5) is 4.39 Å². The van der Waals surface area contributed by atoms with Gasteiger partial charge in [-0.25, -0.2) is 4.39 Å². The van der Waals surface area contributed by atoms with Gasteiger partial charge in [-0.1, -0.05) is 32.4 Å². The molecule has 1 aromatic carbocycles. The Balaban J connectivity index is 3.01. The van der Waals surface area contributed by atoms with Gasteiger partial charge < -0.3 is 4.57 Å². The predicted octanol–water partition coefficient (Wildman–Crippen LogP) is 3.63. The van der Waals surface area contributed by atoms with Gasteiger partial charge in [0.1, 0.15) is 13.0 Å². The molecule has 0 aliphatic rings. The standard InChI is InChI=1S/C12H18FOP/c1-3-5-10-15(14,4-2)12-9-7-6-8-11(12)13/h6-9H,3-5,10H2,1-2H3. The van der Waals surface area contributed by atoms with Crippen molar-refractivity contribution in [3.8, 4) is 0 Å². The first-order valence-corrected chi connectivity index (χ1v) is 7.55. The first kappa shape index (κ1) is 12.4. The highest BCUT2D eigenvalue weighted by atomic mass is 31.2. The topological polar surface area (TPSA) is 17.1 Å². The predicted molar refractivity (Wildman–Crippen MR) is 64.0 cm³/mol. The van der Waals surface area contributed by atoms with Crippen molar-refractivity contribution in [1.29, 1.82) is 0 Å². The number of rotatable bonds is 5. The number of unbranched alkanes of at least 4 members (excludes halogenated alkanes) is 1. The van der Waals surface area contributed by atoms with Crippen LogP contribution in [-0.2, 0) is 4.57 Å². The summed E-state index contributed by atoms with van der Waals surface area (Å²) in [6.45, 7) is 3.93. The molecular weight excluding hydrogens is 210 g/mol. The van der Waals surface area contributed by atoms with E-state index < -0.39 is 7.14 Å². The van der Waals surface area contributed by atoms with Crippen molar-refractivity contribution >= 4 is 12.4 Å². The minimum Gasteiger partial charge on any atom is -0.319 e. The fourth-order valence-electron chi connectivity index (χ4n) is 1.64. The summed E-state index contributed by atoms with van der Waals surface area (Å²) in [5.41, 5.74) is 0. The van der Waals surface area contributed by atoms with Crippen LogP contribution in [0.2, 0.25) is 0 Å². The van der Waals surface area contributed by atoms with Gasteiger partial charge in [-0.05, 0) is 18.6 Å². The lowest BCUT2D eigenvalue weighted by molar-refractivity contribution is 0.576. The van der Waals surface area contributed by atoms with E-state index >= 15 is 0 Å². The first-order valence-electron chi connectivity index (χ1n) is 5.47. The van der Waals surface area contributed by atoms with Gasteiger partial charge in [0.25, 0.3) is 0 Å². The molecule has 0 N–H and O–H groups in total. The Morgan fingerprint density at radius 2 is 1.93 bits per heavy atom. The Morgan fingerprint density at radius 3 is 2.47 bits per heavy atom. The maximum Gasteiger partial charge on any atom is 0.133 e. The van der Waals surface area contributed by atoms with E-state index in [1.807, 2.05) is 6.92 Å². The molecule has 0 spiro atoms. The zero-order valence-corrected chi connectivity index (χ0v) is 10.3. The Bertz CT molecular complexity index is 362. The van der Waals surface area contributed by atoms with Crippen molar-refractivity contribution < 1.29 is 8.96 Å². The van der Waals surface area contributed by atoms with E-state index in [9.17, 15) is 8.96 Å². The molecule has 0 saturated heterocycles. The summed E-state index contributed by atoms with van der Waals surface area (Å²) in [4.78, 5) is 0. The van der Waals surface area contributed by atoms with Crippen LogP contribution in [0.25, 0.3) is 0 Å². The van der Waals surface area contributed by atoms with Crippen LogP contribution in [0.5, 0.6) is 0 Å². The van der Waals surface area contributed by atoms with Gasteiger partial charge in [-0.15, -0.1) is 0 Å². The van der Waals surface area contributed by atoms with Crippen LogP contribution in [0.15, 0.2) is 24.3 Å². The smallest absolute Gasteiger partial charge is 0.133 e.